The molecule has 0 atom stereocenters. The zero-order valence-electron chi connectivity index (χ0n) is 18.5. The van der Waals surface area contributed by atoms with Gasteiger partial charge in [-0.25, -0.2) is 0 Å². The Kier molecular flexibility index (Phi) is 7.58. The van der Waals surface area contributed by atoms with Crippen molar-refractivity contribution < 1.29 is 14.3 Å². The third-order valence-electron chi connectivity index (χ3n) is 5.28. The van der Waals surface area contributed by atoms with E-state index < -0.39 is 11.2 Å². The summed E-state index contributed by atoms with van der Waals surface area (Å²) >= 11 is 4.07. The van der Waals surface area contributed by atoms with Crippen LogP contribution in [0, 0.1) is 0 Å². The summed E-state index contributed by atoms with van der Waals surface area (Å²) in [6, 6.07) is 19.1. The van der Waals surface area contributed by atoms with E-state index >= 15 is 0 Å². The molecule has 0 aliphatic rings. The maximum atomic E-state index is 11.8. The van der Waals surface area contributed by atoms with E-state index in [2.05, 4.69) is 75.0 Å². The average molecular weight is 415 g/mol. The Hall–Kier alpha value is -1.78. The molecule has 2 aromatic carbocycles. The first-order chi connectivity index (χ1) is 13.5. The lowest BCUT2D eigenvalue weighted by Crippen LogP contribution is -2.37. The number of hydrogen-bond acceptors (Lipinski definition) is 4. The number of benzene rings is 2. The number of rotatable bonds is 9. The normalized spacial score (nSPS) is 12.7. The fraction of sp³-hybridized carbons (Fsp3) is 0.480. The Bertz CT molecular complexity index is 793. The molecule has 0 heterocycles. The van der Waals surface area contributed by atoms with E-state index in [1.807, 2.05) is 33.8 Å². The van der Waals surface area contributed by atoms with Crippen LogP contribution in [0.2, 0.25) is 0 Å². The monoisotopic (exact) mass is 414 g/mol. The molecule has 0 fully saturated rings. The average Bonchev–Trinajstić information content (AvgIpc) is 2.67. The molecule has 0 aliphatic carbocycles. The van der Waals surface area contributed by atoms with Crippen molar-refractivity contribution in [2.24, 2.45) is 0 Å². The van der Waals surface area contributed by atoms with Crippen LogP contribution in [0.4, 0.5) is 0 Å². The molecule has 4 heteroatoms. The van der Waals surface area contributed by atoms with Crippen LogP contribution < -0.4 is 0 Å². The van der Waals surface area contributed by atoms with Crippen LogP contribution >= 0.6 is 12.6 Å². The lowest BCUT2D eigenvalue weighted by Gasteiger charge is -2.33. The SMILES string of the molecule is CC(C)(COC(C)(C)c1ccc(C(C)(C)c2ccccc2)cc1)OC(=O)CCS. The fourth-order valence-corrected chi connectivity index (χ4v) is 3.41. The second-order valence-electron chi connectivity index (χ2n) is 9.07. The van der Waals surface area contributed by atoms with Crippen molar-refractivity contribution in [3.05, 3.63) is 71.3 Å². The molecule has 0 saturated heterocycles. The molecule has 0 saturated carbocycles. The molecule has 0 bridgehead atoms. The van der Waals surface area contributed by atoms with Crippen LogP contribution in [0.3, 0.4) is 0 Å². The Labute approximate surface area is 181 Å². The van der Waals surface area contributed by atoms with E-state index in [-0.39, 0.29) is 11.4 Å². The zero-order chi connectivity index (χ0) is 21.7. The zero-order valence-corrected chi connectivity index (χ0v) is 19.4. The number of ether oxygens (including phenoxy) is 2. The molecule has 0 aromatic heterocycles. The van der Waals surface area contributed by atoms with Crippen molar-refractivity contribution >= 4 is 18.6 Å². The van der Waals surface area contributed by atoms with Crippen LogP contribution in [-0.2, 0) is 25.3 Å². The molecule has 2 rings (SSSR count). The van der Waals surface area contributed by atoms with Gasteiger partial charge in [-0.05, 0) is 44.4 Å². The molecule has 158 valence electrons. The van der Waals surface area contributed by atoms with Gasteiger partial charge in [0.1, 0.15) is 5.60 Å². The highest BCUT2D eigenvalue weighted by Crippen LogP contribution is 2.33. The van der Waals surface area contributed by atoms with Crippen LogP contribution in [0.15, 0.2) is 54.6 Å². The van der Waals surface area contributed by atoms with E-state index in [9.17, 15) is 4.79 Å². The summed E-state index contributed by atoms with van der Waals surface area (Å²) in [7, 11) is 0. The number of hydrogen-bond donors (Lipinski definition) is 1. The first-order valence-corrected chi connectivity index (χ1v) is 10.7. The molecule has 0 aliphatic heterocycles. The predicted molar refractivity (Wildman–Crippen MR) is 123 cm³/mol. The van der Waals surface area contributed by atoms with Crippen LogP contribution in [0.25, 0.3) is 0 Å². The minimum absolute atomic E-state index is 0.0754. The highest BCUT2D eigenvalue weighted by molar-refractivity contribution is 7.80. The van der Waals surface area contributed by atoms with Crippen molar-refractivity contribution in [2.75, 3.05) is 12.4 Å². The van der Waals surface area contributed by atoms with E-state index in [4.69, 9.17) is 9.47 Å². The highest BCUT2D eigenvalue weighted by atomic mass is 32.1. The van der Waals surface area contributed by atoms with Gasteiger partial charge in [0, 0.05) is 11.2 Å². The van der Waals surface area contributed by atoms with Gasteiger partial charge in [0.05, 0.1) is 18.6 Å². The number of carbonyl (C=O) groups excluding carboxylic acids is 1. The third kappa shape index (κ3) is 6.35. The van der Waals surface area contributed by atoms with Crippen LogP contribution in [0.5, 0.6) is 0 Å². The van der Waals surface area contributed by atoms with Crippen LogP contribution in [0.1, 0.15) is 64.7 Å². The van der Waals surface area contributed by atoms with E-state index in [0.717, 1.165) is 5.56 Å². The molecular weight excluding hydrogens is 380 g/mol. The van der Waals surface area contributed by atoms with Crippen molar-refractivity contribution in [3.63, 3.8) is 0 Å². The van der Waals surface area contributed by atoms with E-state index in [1.54, 1.807) is 0 Å². The van der Waals surface area contributed by atoms with Gasteiger partial charge in [0.25, 0.3) is 0 Å². The maximum absolute atomic E-state index is 11.8. The Morgan fingerprint density at radius 1 is 0.828 bits per heavy atom. The molecule has 0 unspecified atom stereocenters. The predicted octanol–water partition coefficient (Wildman–Crippen LogP) is 5.91. The van der Waals surface area contributed by atoms with Gasteiger partial charge in [-0.3, -0.25) is 4.79 Å². The Morgan fingerprint density at radius 2 is 1.34 bits per heavy atom. The lowest BCUT2D eigenvalue weighted by atomic mass is 9.77. The van der Waals surface area contributed by atoms with Gasteiger partial charge in [-0.15, -0.1) is 0 Å². The topological polar surface area (TPSA) is 35.5 Å². The molecule has 0 radical (unpaired) electrons. The molecule has 0 N–H and O–H groups in total. The van der Waals surface area contributed by atoms with Gasteiger partial charge >= 0.3 is 5.97 Å². The minimum atomic E-state index is -0.688. The molecule has 2 aromatic rings. The number of carbonyl (C=O) groups is 1. The van der Waals surface area contributed by atoms with Gasteiger partial charge in [0.2, 0.25) is 0 Å². The summed E-state index contributed by atoms with van der Waals surface area (Å²) in [5.41, 5.74) is 2.36. The summed E-state index contributed by atoms with van der Waals surface area (Å²) in [4.78, 5) is 11.8. The molecular formula is C25H34O3S. The van der Waals surface area contributed by atoms with Gasteiger partial charge in [-0.2, -0.15) is 12.6 Å². The fourth-order valence-electron chi connectivity index (χ4n) is 3.23. The second kappa shape index (κ2) is 9.36. The third-order valence-corrected chi connectivity index (χ3v) is 5.51. The summed E-state index contributed by atoms with van der Waals surface area (Å²) in [5.74, 6) is 0.228. The van der Waals surface area contributed by atoms with Crippen molar-refractivity contribution in [1.82, 2.24) is 0 Å². The molecule has 29 heavy (non-hydrogen) atoms. The molecule has 0 amide bonds. The summed E-state index contributed by atoms with van der Waals surface area (Å²) < 4.78 is 11.7. The Morgan fingerprint density at radius 3 is 1.90 bits per heavy atom. The highest BCUT2D eigenvalue weighted by Gasteiger charge is 2.30. The van der Waals surface area contributed by atoms with Crippen molar-refractivity contribution in [3.8, 4) is 0 Å². The number of esters is 1. The first-order valence-electron chi connectivity index (χ1n) is 10.1. The summed E-state index contributed by atoms with van der Waals surface area (Å²) in [5, 5.41) is 0. The van der Waals surface area contributed by atoms with Gasteiger partial charge in [-0.1, -0.05) is 68.4 Å². The minimum Gasteiger partial charge on any atom is -0.457 e. The van der Waals surface area contributed by atoms with E-state index in [0.29, 0.717) is 18.8 Å². The van der Waals surface area contributed by atoms with Gasteiger partial charge < -0.3 is 9.47 Å². The molecule has 0 spiro atoms. The summed E-state index contributed by atoms with van der Waals surface area (Å²) in [6.07, 6.45) is 0.300. The largest absolute Gasteiger partial charge is 0.457 e. The van der Waals surface area contributed by atoms with Crippen molar-refractivity contribution in [1.29, 1.82) is 0 Å². The second-order valence-corrected chi connectivity index (χ2v) is 9.52. The quantitative estimate of drug-likeness (QED) is 0.409. The van der Waals surface area contributed by atoms with Gasteiger partial charge in [0.15, 0.2) is 0 Å². The Balaban J connectivity index is 2.09. The standard InChI is InChI=1S/C25H34O3S/c1-23(2,28-22(26)16-17-29)18-27-25(5,6)21-14-12-20(13-15-21)24(3,4)19-10-8-7-9-11-19/h7-15,29H,16-18H2,1-6H3. The first kappa shape index (κ1) is 23.5. The summed E-state index contributed by atoms with van der Waals surface area (Å²) in [6.45, 7) is 12.6. The smallest absolute Gasteiger partial charge is 0.307 e. The maximum Gasteiger partial charge on any atom is 0.307 e. The lowest BCUT2D eigenvalue weighted by molar-refractivity contribution is -0.168. The van der Waals surface area contributed by atoms with E-state index in [1.165, 1.54) is 11.1 Å². The van der Waals surface area contributed by atoms with Crippen LogP contribution in [-0.4, -0.2) is 23.9 Å². The number of thiol groups is 1. The molecule has 3 nitrogen and oxygen atoms in total. The van der Waals surface area contributed by atoms with Crippen molar-refractivity contribution in [2.45, 2.75) is 64.6 Å².